The Kier molecular flexibility index (Phi) is 6.49. The topological polar surface area (TPSA) is 79.4 Å². The molecule has 6 nitrogen and oxygen atoms in total. The molecule has 2 amide bonds. The lowest BCUT2D eigenvalue weighted by molar-refractivity contribution is -0.119. The van der Waals surface area contributed by atoms with E-state index >= 15 is 0 Å². The second kappa shape index (κ2) is 9.47. The molecule has 1 fully saturated rings. The van der Waals surface area contributed by atoms with Gasteiger partial charge in [0.25, 0.3) is 11.8 Å². The van der Waals surface area contributed by atoms with Gasteiger partial charge in [0.1, 0.15) is 5.78 Å². The van der Waals surface area contributed by atoms with E-state index in [-0.39, 0.29) is 23.6 Å². The molecule has 6 heteroatoms. The van der Waals surface area contributed by atoms with Crippen LogP contribution < -0.4 is 5.32 Å². The highest BCUT2D eigenvalue weighted by Gasteiger charge is 2.35. The zero-order valence-electron chi connectivity index (χ0n) is 18.7. The first-order valence-electron chi connectivity index (χ1n) is 11.3. The number of rotatable bonds is 8. The number of allylic oxidation sites excluding steroid dienone is 1. The summed E-state index contributed by atoms with van der Waals surface area (Å²) in [5.41, 5.74) is 5.37. The zero-order valence-corrected chi connectivity index (χ0v) is 18.7. The van der Waals surface area contributed by atoms with Crippen LogP contribution in [0.15, 0.2) is 53.9 Å². The number of nitrogens with one attached hydrogen (secondary N) is 1. The largest absolute Gasteiger partial charge is 0.328 e. The maximum absolute atomic E-state index is 13.3. The van der Waals surface area contributed by atoms with E-state index in [1.165, 1.54) is 23.8 Å². The molecule has 0 bridgehead atoms. The molecule has 0 radical (unpaired) electrons. The summed E-state index contributed by atoms with van der Waals surface area (Å²) in [6.45, 7) is 4.48. The summed E-state index contributed by atoms with van der Waals surface area (Å²) in [7, 11) is 0. The Morgan fingerprint density at radius 3 is 2.69 bits per heavy atom. The van der Waals surface area contributed by atoms with Gasteiger partial charge in [-0.25, -0.2) is 0 Å². The molecule has 1 atom stereocenters. The number of nitrogens with zero attached hydrogens (tertiary/aromatic N) is 2. The Morgan fingerprint density at radius 1 is 1.22 bits per heavy atom. The van der Waals surface area contributed by atoms with Gasteiger partial charge in [0.2, 0.25) is 0 Å². The van der Waals surface area contributed by atoms with E-state index < -0.39 is 0 Å². The molecule has 1 unspecified atom stereocenters. The molecule has 2 heterocycles. The first-order chi connectivity index (χ1) is 15.5. The molecule has 166 valence electrons. The highest BCUT2D eigenvalue weighted by molar-refractivity contribution is 6.05. The number of fused-ring (bicyclic) bond motifs is 1. The summed E-state index contributed by atoms with van der Waals surface area (Å²) in [5, 5.41) is 2.89. The van der Waals surface area contributed by atoms with Gasteiger partial charge in [-0.15, -0.1) is 0 Å². The van der Waals surface area contributed by atoms with Gasteiger partial charge in [0.05, 0.1) is 11.6 Å². The second-order valence-electron chi connectivity index (χ2n) is 8.59. The third-order valence-electron chi connectivity index (χ3n) is 6.60. The fraction of sp³-hybridized carbons (Fsp3) is 0.385. The summed E-state index contributed by atoms with van der Waals surface area (Å²) in [6, 6.07) is 8.80. The van der Waals surface area contributed by atoms with Crippen molar-refractivity contribution in [3.05, 3.63) is 70.6 Å². The Morgan fingerprint density at radius 2 is 2.03 bits per heavy atom. The van der Waals surface area contributed by atoms with E-state index in [1.54, 1.807) is 30.5 Å². The number of ketones is 1. The minimum absolute atomic E-state index is 0.00152. The molecule has 0 saturated heterocycles. The third-order valence-corrected chi connectivity index (χ3v) is 6.60. The summed E-state index contributed by atoms with van der Waals surface area (Å²) in [5.74, 6) is -0.00919. The van der Waals surface area contributed by atoms with Crippen LogP contribution >= 0.6 is 0 Å². The minimum atomic E-state index is -0.235. The van der Waals surface area contributed by atoms with E-state index in [4.69, 9.17) is 0 Å². The van der Waals surface area contributed by atoms with Gasteiger partial charge >= 0.3 is 0 Å². The summed E-state index contributed by atoms with van der Waals surface area (Å²) in [6.07, 6.45) is 8.18. The number of Topliss-reactive ketones (excluding diaryl/α,β-unsaturated/α-hetero) is 1. The van der Waals surface area contributed by atoms with Crippen molar-refractivity contribution in [2.24, 2.45) is 0 Å². The van der Waals surface area contributed by atoms with E-state index in [2.05, 4.69) is 17.2 Å². The van der Waals surface area contributed by atoms with Crippen molar-refractivity contribution in [2.75, 3.05) is 5.32 Å². The number of hydrogen-bond donors (Lipinski definition) is 1. The van der Waals surface area contributed by atoms with Gasteiger partial charge < -0.3 is 10.2 Å². The standard InChI is InChI=1S/C26H29N3O3/c1-3-22(30)10-12-24(17(2)18-6-4-7-18)29-16-20-14-21(9-11-23(20)26(29)32)28-25(31)19-8-5-13-27-15-19/h5,8-9,11,13-15,24H,3-4,6-7,10,12,16H2,1-2H3,(H,28,31). The maximum atomic E-state index is 13.3. The molecular formula is C26H29N3O3. The lowest BCUT2D eigenvalue weighted by atomic mass is 9.84. The van der Waals surface area contributed by atoms with Crippen molar-refractivity contribution in [2.45, 2.75) is 65.0 Å². The molecular weight excluding hydrogens is 402 g/mol. The smallest absolute Gasteiger partial charge is 0.257 e. The van der Waals surface area contributed by atoms with Crippen molar-refractivity contribution in [3.63, 3.8) is 0 Å². The predicted molar refractivity (Wildman–Crippen MR) is 123 cm³/mol. The van der Waals surface area contributed by atoms with Crippen LogP contribution in [-0.4, -0.2) is 33.5 Å². The van der Waals surface area contributed by atoms with E-state index in [0.717, 1.165) is 18.4 Å². The number of carbonyl (C=O) groups is 3. The minimum Gasteiger partial charge on any atom is -0.328 e. The summed E-state index contributed by atoms with van der Waals surface area (Å²) < 4.78 is 0. The average molecular weight is 432 g/mol. The Labute approximate surface area is 188 Å². The van der Waals surface area contributed by atoms with Crippen LogP contribution in [0.4, 0.5) is 5.69 Å². The molecule has 1 aromatic heterocycles. The number of benzene rings is 1. The van der Waals surface area contributed by atoms with Crippen LogP contribution in [0.25, 0.3) is 0 Å². The fourth-order valence-electron chi connectivity index (χ4n) is 4.44. The number of aromatic nitrogens is 1. The van der Waals surface area contributed by atoms with Crippen molar-refractivity contribution in [1.82, 2.24) is 9.88 Å². The second-order valence-corrected chi connectivity index (χ2v) is 8.59. The average Bonchev–Trinajstić information content (AvgIpc) is 3.08. The summed E-state index contributed by atoms with van der Waals surface area (Å²) in [4.78, 5) is 43.6. The van der Waals surface area contributed by atoms with Gasteiger partial charge in [-0.05, 0) is 68.5 Å². The van der Waals surface area contributed by atoms with Crippen molar-refractivity contribution < 1.29 is 14.4 Å². The van der Waals surface area contributed by atoms with Crippen LogP contribution in [0.2, 0.25) is 0 Å². The van der Waals surface area contributed by atoms with Crippen molar-refractivity contribution >= 4 is 23.3 Å². The van der Waals surface area contributed by atoms with Crippen LogP contribution in [0.3, 0.4) is 0 Å². The molecule has 0 spiro atoms. The molecule has 1 aromatic carbocycles. The Balaban J connectivity index is 1.54. The van der Waals surface area contributed by atoms with Gasteiger partial charge in [-0.2, -0.15) is 0 Å². The third kappa shape index (κ3) is 4.49. The highest BCUT2D eigenvalue weighted by Crippen LogP contribution is 2.36. The lowest BCUT2D eigenvalue weighted by Crippen LogP contribution is -2.37. The molecule has 1 N–H and O–H groups in total. The molecule has 1 saturated carbocycles. The Bertz CT molecular complexity index is 1070. The van der Waals surface area contributed by atoms with E-state index in [0.29, 0.717) is 42.6 Å². The molecule has 4 rings (SSSR count). The zero-order chi connectivity index (χ0) is 22.7. The van der Waals surface area contributed by atoms with Crippen LogP contribution in [0.1, 0.15) is 78.7 Å². The molecule has 1 aliphatic carbocycles. The number of pyridine rings is 1. The van der Waals surface area contributed by atoms with Gasteiger partial charge in [0.15, 0.2) is 0 Å². The van der Waals surface area contributed by atoms with Crippen LogP contribution in [-0.2, 0) is 11.3 Å². The molecule has 32 heavy (non-hydrogen) atoms. The Hall–Kier alpha value is -3.28. The first-order valence-corrected chi connectivity index (χ1v) is 11.3. The van der Waals surface area contributed by atoms with Crippen molar-refractivity contribution in [1.29, 1.82) is 0 Å². The first kappa shape index (κ1) is 21.9. The highest BCUT2D eigenvalue weighted by atomic mass is 16.2. The number of amides is 2. The lowest BCUT2D eigenvalue weighted by Gasteiger charge is -2.32. The molecule has 2 aliphatic rings. The fourth-order valence-corrected chi connectivity index (χ4v) is 4.44. The van der Waals surface area contributed by atoms with E-state index in [1.807, 2.05) is 17.9 Å². The van der Waals surface area contributed by atoms with Crippen LogP contribution in [0.5, 0.6) is 0 Å². The SMILES string of the molecule is CCC(=O)CCC(C(C)=C1CCC1)N1Cc2cc(NC(=O)c3cccnc3)ccc2C1=O. The van der Waals surface area contributed by atoms with Crippen LogP contribution in [0, 0.1) is 0 Å². The molecule has 1 aliphatic heterocycles. The number of carbonyl (C=O) groups excluding carboxylic acids is 3. The predicted octanol–water partition coefficient (Wildman–Crippen LogP) is 4.92. The number of anilines is 1. The number of hydrogen-bond acceptors (Lipinski definition) is 4. The monoisotopic (exact) mass is 431 g/mol. The van der Waals surface area contributed by atoms with Gasteiger partial charge in [0, 0.05) is 43.0 Å². The van der Waals surface area contributed by atoms with Crippen molar-refractivity contribution in [3.8, 4) is 0 Å². The van der Waals surface area contributed by atoms with Gasteiger partial charge in [-0.1, -0.05) is 18.1 Å². The summed E-state index contributed by atoms with van der Waals surface area (Å²) >= 11 is 0. The van der Waals surface area contributed by atoms with E-state index in [9.17, 15) is 14.4 Å². The normalized spacial score (nSPS) is 15.8. The van der Waals surface area contributed by atoms with Gasteiger partial charge in [-0.3, -0.25) is 19.4 Å². The maximum Gasteiger partial charge on any atom is 0.257 e. The quantitative estimate of drug-likeness (QED) is 0.602. The molecule has 2 aromatic rings.